The van der Waals surface area contributed by atoms with Crippen LogP contribution in [0.1, 0.15) is 30.6 Å². The fourth-order valence-corrected chi connectivity index (χ4v) is 1.86. The average molecular weight is 287 g/mol. The highest BCUT2D eigenvalue weighted by molar-refractivity contribution is 9.10. The van der Waals surface area contributed by atoms with Gasteiger partial charge >= 0.3 is 5.97 Å². The molecule has 0 heterocycles. The van der Waals surface area contributed by atoms with Crippen LogP contribution in [0.25, 0.3) is 0 Å². The molecule has 4 heteroatoms. The SMILES string of the molecule is CCC(C(=O)O)C(O)c1ccc(Br)c(C)c1. The molecule has 0 aliphatic carbocycles. The second-order valence-electron chi connectivity index (χ2n) is 3.81. The van der Waals surface area contributed by atoms with Gasteiger partial charge in [-0.1, -0.05) is 35.0 Å². The van der Waals surface area contributed by atoms with Gasteiger partial charge in [0.2, 0.25) is 0 Å². The van der Waals surface area contributed by atoms with Gasteiger partial charge in [0, 0.05) is 4.47 Å². The van der Waals surface area contributed by atoms with Crippen molar-refractivity contribution in [1.29, 1.82) is 0 Å². The van der Waals surface area contributed by atoms with Crippen molar-refractivity contribution in [1.82, 2.24) is 0 Å². The molecule has 0 bridgehead atoms. The third kappa shape index (κ3) is 2.83. The molecule has 16 heavy (non-hydrogen) atoms. The molecule has 0 radical (unpaired) electrons. The summed E-state index contributed by atoms with van der Waals surface area (Å²) in [5, 5.41) is 18.9. The van der Waals surface area contributed by atoms with Crippen LogP contribution in [0.4, 0.5) is 0 Å². The van der Waals surface area contributed by atoms with E-state index in [4.69, 9.17) is 5.11 Å². The molecule has 0 amide bonds. The van der Waals surface area contributed by atoms with Gasteiger partial charge in [0.15, 0.2) is 0 Å². The molecular formula is C12H15BrO3. The van der Waals surface area contributed by atoms with E-state index in [2.05, 4.69) is 15.9 Å². The summed E-state index contributed by atoms with van der Waals surface area (Å²) in [6, 6.07) is 5.37. The lowest BCUT2D eigenvalue weighted by molar-refractivity contribution is -0.146. The van der Waals surface area contributed by atoms with Crippen LogP contribution in [0, 0.1) is 12.8 Å². The van der Waals surface area contributed by atoms with Gasteiger partial charge < -0.3 is 10.2 Å². The van der Waals surface area contributed by atoms with Crippen molar-refractivity contribution in [2.45, 2.75) is 26.4 Å². The summed E-state index contributed by atoms with van der Waals surface area (Å²) in [7, 11) is 0. The van der Waals surface area contributed by atoms with Crippen molar-refractivity contribution in [3.63, 3.8) is 0 Å². The Labute approximate surface area is 103 Å². The molecule has 88 valence electrons. The summed E-state index contributed by atoms with van der Waals surface area (Å²) in [6.45, 7) is 3.66. The van der Waals surface area contributed by atoms with Crippen molar-refractivity contribution in [3.8, 4) is 0 Å². The normalized spacial score (nSPS) is 14.5. The predicted octanol–water partition coefficient (Wildman–Crippen LogP) is 2.90. The number of hydrogen-bond acceptors (Lipinski definition) is 2. The van der Waals surface area contributed by atoms with E-state index in [1.807, 2.05) is 13.0 Å². The minimum atomic E-state index is -0.962. The van der Waals surface area contributed by atoms with Crippen molar-refractivity contribution in [2.75, 3.05) is 0 Å². The summed E-state index contributed by atoms with van der Waals surface area (Å²) >= 11 is 3.36. The number of aliphatic carboxylic acids is 1. The molecule has 2 atom stereocenters. The van der Waals surface area contributed by atoms with E-state index >= 15 is 0 Å². The summed E-state index contributed by atoms with van der Waals surface area (Å²) in [5.41, 5.74) is 1.63. The first-order chi connectivity index (χ1) is 7.47. The number of aliphatic hydroxyl groups excluding tert-OH is 1. The molecule has 1 rings (SSSR count). The third-order valence-corrected chi connectivity index (χ3v) is 3.55. The van der Waals surface area contributed by atoms with Crippen molar-refractivity contribution in [2.24, 2.45) is 5.92 Å². The topological polar surface area (TPSA) is 57.5 Å². The number of aryl methyl sites for hydroxylation is 1. The third-order valence-electron chi connectivity index (χ3n) is 2.66. The first-order valence-electron chi connectivity index (χ1n) is 5.14. The minimum Gasteiger partial charge on any atom is -0.481 e. The van der Waals surface area contributed by atoms with Gasteiger partial charge in [0.05, 0.1) is 12.0 Å². The fraction of sp³-hybridized carbons (Fsp3) is 0.417. The zero-order chi connectivity index (χ0) is 12.3. The largest absolute Gasteiger partial charge is 0.481 e. The zero-order valence-corrected chi connectivity index (χ0v) is 10.9. The molecule has 2 unspecified atom stereocenters. The number of halogens is 1. The lowest BCUT2D eigenvalue weighted by Gasteiger charge is -2.18. The van der Waals surface area contributed by atoms with Gasteiger partial charge in [-0.25, -0.2) is 0 Å². The van der Waals surface area contributed by atoms with E-state index < -0.39 is 18.0 Å². The predicted molar refractivity (Wildman–Crippen MR) is 65.3 cm³/mol. The fourth-order valence-electron chi connectivity index (χ4n) is 1.62. The maximum atomic E-state index is 10.9. The second kappa shape index (κ2) is 5.46. The van der Waals surface area contributed by atoms with Crippen LogP contribution in [0.15, 0.2) is 22.7 Å². The number of carboxylic acid groups (broad SMARTS) is 1. The highest BCUT2D eigenvalue weighted by atomic mass is 79.9. The molecule has 0 fully saturated rings. The van der Waals surface area contributed by atoms with Crippen molar-refractivity contribution < 1.29 is 15.0 Å². The molecule has 3 nitrogen and oxygen atoms in total. The first kappa shape index (κ1) is 13.2. The number of aliphatic hydroxyl groups is 1. The number of rotatable bonds is 4. The Morgan fingerprint density at radius 2 is 2.12 bits per heavy atom. The monoisotopic (exact) mass is 286 g/mol. The Kier molecular flexibility index (Phi) is 4.50. The number of carboxylic acids is 1. The highest BCUT2D eigenvalue weighted by Crippen LogP contribution is 2.27. The van der Waals surface area contributed by atoms with E-state index in [9.17, 15) is 9.90 Å². The molecule has 0 saturated carbocycles. The average Bonchev–Trinajstić information content (AvgIpc) is 2.22. The molecule has 0 aliphatic heterocycles. The van der Waals surface area contributed by atoms with Crippen LogP contribution in [0.3, 0.4) is 0 Å². The van der Waals surface area contributed by atoms with Crippen LogP contribution in [-0.4, -0.2) is 16.2 Å². The van der Waals surface area contributed by atoms with Crippen molar-refractivity contribution >= 4 is 21.9 Å². The van der Waals surface area contributed by atoms with Gasteiger partial charge in [-0.2, -0.15) is 0 Å². The molecule has 1 aromatic carbocycles. The molecule has 0 saturated heterocycles. The van der Waals surface area contributed by atoms with Crippen molar-refractivity contribution in [3.05, 3.63) is 33.8 Å². The van der Waals surface area contributed by atoms with E-state index in [0.717, 1.165) is 10.0 Å². The Morgan fingerprint density at radius 3 is 2.56 bits per heavy atom. The first-order valence-corrected chi connectivity index (χ1v) is 5.93. The Hall–Kier alpha value is -0.870. The Bertz CT molecular complexity index is 390. The van der Waals surface area contributed by atoms with Gasteiger partial charge in [0.25, 0.3) is 0 Å². The van der Waals surface area contributed by atoms with E-state index in [-0.39, 0.29) is 0 Å². The van der Waals surface area contributed by atoms with Crippen LogP contribution in [-0.2, 0) is 4.79 Å². The maximum absolute atomic E-state index is 10.9. The quantitative estimate of drug-likeness (QED) is 0.895. The van der Waals surface area contributed by atoms with Crippen LogP contribution in [0.5, 0.6) is 0 Å². The van der Waals surface area contributed by atoms with Gasteiger partial charge in [-0.3, -0.25) is 4.79 Å². The highest BCUT2D eigenvalue weighted by Gasteiger charge is 2.25. The number of hydrogen-bond donors (Lipinski definition) is 2. The van der Waals surface area contributed by atoms with Crippen LogP contribution < -0.4 is 0 Å². The summed E-state index contributed by atoms with van der Waals surface area (Å²) in [6.07, 6.45) is -0.541. The maximum Gasteiger partial charge on any atom is 0.309 e. The summed E-state index contributed by atoms with van der Waals surface area (Å²) < 4.78 is 0.951. The van der Waals surface area contributed by atoms with Gasteiger partial charge in [-0.05, 0) is 30.5 Å². The zero-order valence-electron chi connectivity index (χ0n) is 9.27. The van der Waals surface area contributed by atoms with Crippen LogP contribution >= 0.6 is 15.9 Å². The molecule has 2 N–H and O–H groups in total. The Balaban J connectivity index is 2.99. The van der Waals surface area contributed by atoms with Gasteiger partial charge in [-0.15, -0.1) is 0 Å². The van der Waals surface area contributed by atoms with Gasteiger partial charge in [0.1, 0.15) is 0 Å². The summed E-state index contributed by atoms with van der Waals surface area (Å²) in [5.74, 6) is -1.71. The molecule has 0 aromatic heterocycles. The lowest BCUT2D eigenvalue weighted by atomic mass is 9.93. The summed E-state index contributed by atoms with van der Waals surface area (Å²) in [4.78, 5) is 10.9. The molecule has 0 spiro atoms. The second-order valence-corrected chi connectivity index (χ2v) is 4.66. The lowest BCUT2D eigenvalue weighted by Crippen LogP contribution is -2.21. The molecule has 1 aromatic rings. The number of benzene rings is 1. The Morgan fingerprint density at radius 1 is 1.50 bits per heavy atom. The number of carbonyl (C=O) groups is 1. The molecular weight excluding hydrogens is 272 g/mol. The smallest absolute Gasteiger partial charge is 0.309 e. The van der Waals surface area contributed by atoms with E-state index in [0.29, 0.717) is 12.0 Å². The van der Waals surface area contributed by atoms with E-state index in [1.165, 1.54) is 0 Å². The van der Waals surface area contributed by atoms with E-state index in [1.54, 1.807) is 19.1 Å². The molecule has 0 aliphatic rings. The standard InChI is InChI=1S/C12H15BrO3/c1-3-9(12(15)16)11(14)8-4-5-10(13)7(2)6-8/h4-6,9,11,14H,3H2,1-2H3,(H,15,16). The minimum absolute atomic E-state index is 0.408. The van der Waals surface area contributed by atoms with Crippen LogP contribution in [0.2, 0.25) is 0 Å².